The molecule has 0 atom stereocenters. The van der Waals surface area contributed by atoms with Gasteiger partial charge in [0.15, 0.2) is 29.1 Å². The molecule has 5 rings (SSSR count). The van der Waals surface area contributed by atoms with Crippen LogP contribution in [0.1, 0.15) is 48.4 Å². The lowest BCUT2D eigenvalue weighted by Gasteiger charge is -2.26. The minimum absolute atomic E-state index is 0.126. The van der Waals surface area contributed by atoms with E-state index in [4.69, 9.17) is 0 Å². The molecule has 0 aromatic carbocycles. The highest BCUT2D eigenvalue weighted by atomic mass is 16.6. The molecule has 0 aliphatic rings. The molecule has 0 spiro atoms. The van der Waals surface area contributed by atoms with Gasteiger partial charge in [0, 0.05) is 67.3 Å². The van der Waals surface area contributed by atoms with Crippen LogP contribution >= 0.6 is 0 Å². The third-order valence-electron chi connectivity index (χ3n) is 11.5. The highest BCUT2D eigenvalue weighted by molar-refractivity contribution is 5.21. The maximum absolute atomic E-state index is 11.8. The summed E-state index contributed by atoms with van der Waals surface area (Å²) >= 11 is 0. The average molecular weight is 911 g/mol. The molecule has 0 fully saturated rings. The second-order valence-electron chi connectivity index (χ2n) is 15.4. The van der Waals surface area contributed by atoms with Gasteiger partial charge in [-0.1, -0.05) is 0 Å². The number of unbranched alkanes of at least 4 members (excludes halogenated alkanes) is 1. The Morgan fingerprint density at radius 2 is 0.538 bits per heavy atom. The van der Waals surface area contributed by atoms with Crippen molar-refractivity contribution < 1.29 is 24.6 Å². The fraction of sp³-hybridized carbons (Fsp3) is 0.595. The third-order valence-corrected chi connectivity index (χ3v) is 11.5. The molecular formula is C37H54N18O10. The topological polar surface area (TPSA) is 315 Å². The SMILES string of the molecule is Cc1ncc([N+](=O)[O-])n1CCN(CCCCN(CCn1c([N+](=O)[O-])cnc1C)CCn1c([N+](=O)[O-])cnc1C)CCCN(CCn1c([N+](=O)[O-])cnc1C)CCn1c([N+](=O)[O-])cnc1C. The molecular weight excluding hydrogens is 857 g/mol. The van der Waals surface area contributed by atoms with Crippen LogP contribution in [0.4, 0.5) is 29.1 Å². The van der Waals surface area contributed by atoms with Gasteiger partial charge in [-0.05, 0) is 70.1 Å². The molecule has 5 heterocycles. The number of hydrogen-bond donors (Lipinski definition) is 0. The van der Waals surface area contributed by atoms with Gasteiger partial charge in [-0.3, -0.25) is 14.7 Å². The number of aryl methyl sites for hydroxylation is 5. The summed E-state index contributed by atoms with van der Waals surface area (Å²) in [5.74, 6) is 1.72. The Labute approximate surface area is 371 Å². The van der Waals surface area contributed by atoms with Gasteiger partial charge in [0.05, 0.1) is 0 Å². The van der Waals surface area contributed by atoms with Gasteiger partial charge in [-0.2, -0.15) is 0 Å². The van der Waals surface area contributed by atoms with Crippen LogP contribution in [0.5, 0.6) is 0 Å². The molecule has 5 aromatic rings. The van der Waals surface area contributed by atoms with Crippen LogP contribution in [-0.2, 0) is 32.7 Å². The fourth-order valence-corrected chi connectivity index (χ4v) is 7.79. The fourth-order valence-electron chi connectivity index (χ4n) is 7.79. The lowest BCUT2D eigenvalue weighted by molar-refractivity contribution is -0.392. The Morgan fingerprint density at radius 3 is 0.738 bits per heavy atom. The van der Waals surface area contributed by atoms with Crippen molar-refractivity contribution >= 4 is 29.1 Å². The zero-order valence-electron chi connectivity index (χ0n) is 37.0. The summed E-state index contributed by atoms with van der Waals surface area (Å²) in [7, 11) is 0. The van der Waals surface area contributed by atoms with E-state index in [-0.39, 0.29) is 61.8 Å². The molecule has 28 nitrogen and oxygen atoms in total. The van der Waals surface area contributed by atoms with E-state index in [0.29, 0.717) is 107 Å². The van der Waals surface area contributed by atoms with Gasteiger partial charge >= 0.3 is 29.1 Å². The second-order valence-corrected chi connectivity index (χ2v) is 15.4. The molecule has 0 saturated carbocycles. The number of nitro groups is 5. The molecule has 28 heteroatoms. The van der Waals surface area contributed by atoms with Crippen molar-refractivity contribution in [1.29, 1.82) is 0 Å². The lowest BCUT2D eigenvalue weighted by Crippen LogP contribution is -2.36. The standard InChI is InChI=1S/C37H54N18O10/c1-28-38-23-33(51(56)57)46(28)18-13-43(11-8-12-45(16-21-49-31(4)41-26-36(49)54(62)63)17-22-50-32(5)42-27-37(50)55(64)65)9-6-7-10-44(14-19-47-29(2)39-24-34(47)52(58)59)15-20-48-30(3)40-25-35(48)53(60)61/h23-27H,6-22H2,1-5H3. The molecule has 5 aromatic heterocycles. The van der Waals surface area contributed by atoms with Crippen molar-refractivity contribution in [2.75, 3.05) is 58.9 Å². The largest absolute Gasteiger partial charge is 0.358 e. The molecule has 0 unspecified atom stereocenters. The van der Waals surface area contributed by atoms with Crippen molar-refractivity contribution in [1.82, 2.24) is 62.5 Å². The molecule has 0 N–H and O–H groups in total. The van der Waals surface area contributed by atoms with Gasteiger partial charge in [0.2, 0.25) is 0 Å². The minimum Gasteiger partial charge on any atom is -0.358 e. The Balaban J connectivity index is 1.29. The lowest BCUT2D eigenvalue weighted by atomic mass is 10.2. The molecule has 0 aliphatic carbocycles. The highest BCUT2D eigenvalue weighted by Gasteiger charge is 2.24. The first-order valence-corrected chi connectivity index (χ1v) is 21.0. The van der Waals surface area contributed by atoms with Gasteiger partial charge in [0.25, 0.3) is 0 Å². The molecule has 0 amide bonds. The molecule has 0 radical (unpaired) electrons. The van der Waals surface area contributed by atoms with E-state index in [2.05, 4.69) is 39.6 Å². The summed E-state index contributed by atoms with van der Waals surface area (Å²) < 4.78 is 7.63. The summed E-state index contributed by atoms with van der Waals surface area (Å²) in [4.78, 5) is 83.2. The highest BCUT2D eigenvalue weighted by Crippen LogP contribution is 2.19. The number of rotatable bonds is 29. The monoisotopic (exact) mass is 910 g/mol. The van der Waals surface area contributed by atoms with E-state index in [1.807, 2.05) is 0 Å². The van der Waals surface area contributed by atoms with Crippen molar-refractivity contribution in [3.05, 3.63) is 111 Å². The quantitative estimate of drug-likeness (QED) is 0.0375. The van der Waals surface area contributed by atoms with Crippen LogP contribution < -0.4 is 0 Å². The van der Waals surface area contributed by atoms with Gasteiger partial charge in [-0.25, -0.2) is 47.8 Å². The molecule has 0 aliphatic heterocycles. The maximum atomic E-state index is 11.8. The summed E-state index contributed by atoms with van der Waals surface area (Å²) in [6.45, 7) is 13.9. The summed E-state index contributed by atoms with van der Waals surface area (Å²) in [5.41, 5.74) is 0. The Hall–Kier alpha value is -7.07. The van der Waals surface area contributed by atoms with E-state index < -0.39 is 24.6 Å². The second kappa shape index (κ2) is 22.5. The van der Waals surface area contributed by atoms with Crippen LogP contribution in [-0.4, -0.2) is 146 Å². The summed E-state index contributed by atoms with van der Waals surface area (Å²) in [5, 5.41) is 58.7. The van der Waals surface area contributed by atoms with Crippen LogP contribution in [0.25, 0.3) is 0 Å². The number of imidazole rings is 5. The molecule has 352 valence electrons. The first-order chi connectivity index (χ1) is 31.0. The van der Waals surface area contributed by atoms with E-state index >= 15 is 0 Å². The van der Waals surface area contributed by atoms with Crippen molar-refractivity contribution in [3.8, 4) is 0 Å². The normalized spacial score (nSPS) is 11.7. The smallest absolute Gasteiger partial charge is 0.342 e. The molecule has 0 saturated heterocycles. The first-order valence-electron chi connectivity index (χ1n) is 21.0. The van der Waals surface area contributed by atoms with E-state index in [1.54, 1.807) is 39.2 Å². The number of hydrogen-bond acceptors (Lipinski definition) is 18. The minimum atomic E-state index is -0.495. The number of nitrogens with zero attached hydrogens (tertiary/aromatic N) is 18. The predicted octanol–water partition coefficient (Wildman–Crippen LogP) is 3.63. The van der Waals surface area contributed by atoms with Gasteiger partial charge in [0.1, 0.15) is 63.7 Å². The van der Waals surface area contributed by atoms with Gasteiger partial charge in [-0.15, -0.1) is 0 Å². The number of aromatic nitrogens is 10. The van der Waals surface area contributed by atoms with Crippen molar-refractivity contribution in [3.63, 3.8) is 0 Å². The zero-order valence-corrected chi connectivity index (χ0v) is 37.0. The van der Waals surface area contributed by atoms with E-state index in [9.17, 15) is 50.6 Å². The average Bonchev–Trinajstić information content (AvgIpc) is 4.08. The molecule has 0 bridgehead atoms. The first kappa shape index (κ1) is 49.0. The van der Waals surface area contributed by atoms with E-state index in [1.165, 1.54) is 49.3 Å². The van der Waals surface area contributed by atoms with E-state index in [0.717, 1.165) is 0 Å². The Morgan fingerprint density at radius 1 is 0.354 bits per heavy atom. The summed E-state index contributed by atoms with van der Waals surface area (Å²) in [6, 6.07) is 0. The van der Waals surface area contributed by atoms with Crippen molar-refractivity contribution in [2.45, 2.75) is 86.6 Å². The zero-order chi connectivity index (χ0) is 47.4. The van der Waals surface area contributed by atoms with Crippen molar-refractivity contribution in [2.24, 2.45) is 0 Å². The van der Waals surface area contributed by atoms with Crippen LogP contribution in [0, 0.1) is 85.2 Å². The molecule has 65 heavy (non-hydrogen) atoms. The van der Waals surface area contributed by atoms with Gasteiger partial charge < -0.3 is 50.6 Å². The summed E-state index contributed by atoms with van der Waals surface area (Å²) in [6.07, 6.45) is 8.04. The Kier molecular flexibility index (Phi) is 17.0. The van der Waals surface area contributed by atoms with Crippen LogP contribution in [0.15, 0.2) is 31.0 Å². The van der Waals surface area contributed by atoms with Crippen LogP contribution in [0.2, 0.25) is 0 Å². The predicted molar refractivity (Wildman–Crippen MR) is 231 cm³/mol. The Bertz CT molecular complexity index is 2330. The maximum Gasteiger partial charge on any atom is 0.342 e. The third kappa shape index (κ3) is 12.8. The van der Waals surface area contributed by atoms with Crippen LogP contribution in [0.3, 0.4) is 0 Å².